The van der Waals surface area contributed by atoms with Crippen LogP contribution in [0, 0.1) is 0 Å². The van der Waals surface area contributed by atoms with Crippen LogP contribution in [0.3, 0.4) is 0 Å². The lowest BCUT2D eigenvalue weighted by atomic mass is 10.0. The van der Waals surface area contributed by atoms with Gasteiger partial charge in [0.2, 0.25) is 0 Å². The Balaban J connectivity index is 4.45. The summed E-state index contributed by atoms with van der Waals surface area (Å²) in [5.41, 5.74) is 0. The van der Waals surface area contributed by atoms with Crippen LogP contribution in [0.25, 0.3) is 0 Å². The standard InChI is InChI=1S/C44H80NO8P/c1-6-8-10-11-12-13-14-15-16-20-23-26-29-33-38-50-43(41-53-54(48,49)52-39-37-45(3,4)5)40-51-44(47)36-32-28-25-22-19-17-18-21-24-27-31-35-42(46)34-30-9-7-2/h17-18,22,24-25,27,31,33,35,38,42-43,46H,6-16,19-21,23,26,28-30,32,34,36-37,39-41H2,1-5H3/b18-17-,25-22-,27-24-,35-31+,38-33+/t42-,43-/m1/s1. The third kappa shape index (κ3) is 39.7. The first kappa shape index (κ1) is 52.0. The van der Waals surface area contributed by atoms with Crippen LogP contribution in [0.4, 0.5) is 0 Å². The third-order valence-corrected chi connectivity index (χ3v) is 9.73. The van der Waals surface area contributed by atoms with E-state index in [0.717, 1.165) is 57.8 Å². The molecule has 0 aliphatic heterocycles. The summed E-state index contributed by atoms with van der Waals surface area (Å²) in [6, 6.07) is 0. The Hall–Kier alpha value is -2.00. The summed E-state index contributed by atoms with van der Waals surface area (Å²) in [6.07, 6.45) is 42.3. The lowest BCUT2D eigenvalue weighted by Crippen LogP contribution is -2.37. The second kappa shape index (κ2) is 36.6. The molecule has 0 fully saturated rings. The highest BCUT2D eigenvalue weighted by Crippen LogP contribution is 2.38. The molecule has 1 unspecified atom stereocenters. The molecule has 0 bridgehead atoms. The predicted octanol–water partition coefficient (Wildman–Crippen LogP) is 10.8. The van der Waals surface area contributed by atoms with Crippen LogP contribution in [-0.2, 0) is 27.9 Å². The summed E-state index contributed by atoms with van der Waals surface area (Å²) >= 11 is 0. The van der Waals surface area contributed by atoms with Gasteiger partial charge in [0.05, 0.1) is 40.1 Å². The number of hydrogen-bond donors (Lipinski definition) is 1. The molecular formula is C44H80NO8P. The van der Waals surface area contributed by atoms with Gasteiger partial charge < -0.3 is 33.0 Å². The van der Waals surface area contributed by atoms with Crippen molar-refractivity contribution < 1.29 is 42.4 Å². The molecule has 0 saturated carbocycles. The van der Waals surface area contributed by atoms with Gasteiger partial charge in [-0.1, -0.05) is 152 Å². The fourth-order valence-electron chi connectivity index (χ4n) is 5.34. The highest BCUT2D eigenvalue weighted by molar-refractivity contribution is 7.45. The SMILES string of the molecule is CCCCCCCCCCCCCC/C=C/O[C@H](COC(=O)CCC/C=C\C/C=C\C/C=C\C=C\[C@H](O)CCCCC)COP(=O)([O-])OCC[N+](C)(C)C. The Morgan fingerprint density at radius 3 is 1.93 bits per heavy atom. The van der Waals surface area contributed by atoms with Gasteiger partial charge in [0.25, 0.3) is 7.82 Å². The number of aliphatic hydroxyl groups is 1. The zero-order valence-corrected chi connectivity index (χ0v) is 35.9. The van der Waals surface area contributed by atoms with Crippen LogP contribution in [0.2, 0.25) is 0 Å². The van der Waals surface area contributed by atoms with Gasteiger partial charge in [0.15, 0.2) is 6.10 Å². The van der Waals surface area contributed by atoms with E-state index in [1.807, 2.05) is 45.4 Å². The molecule has 3 atom stereocenters. The van der Waals surface area contributed by atoms with E-state index >= 15 is 0 Å². The van der Waals surface area contributed by atoms with Crippen molar-refractivity contribution in [2.75, 3.05) is 47.5 Å². The lowest BCUT2D eigenvalue weighted by Gasteiger charge is -2.28. The number of esters is 1. The fourth-order valence-corrected chi connectivity index (χ4v) is 6.07. The number of ether oxygens (including phenoxy) is 2. The van der Waals surface area contributed by atoms with E-state index in [2.05, 4.69) is 44.2 Å². The second-order valence-corrected chi connectivity index (χ2v) is 16.7. The Bertz CT molecular complexity index is 1070. The van der Waals surface area contributed by atoms with E-state index in [0.29, 0.717) is 17.4 Å². The van der Waals surface area contributed by atoms with Gasteiger partial charge in [-0.2, -0.15) is 0 Å². The number of phosphoric ester groups is 1. The molecule has 0 rings (SSSR count). The maximum Gasteiger partial charge on any atom is 0.305 e. The molecule has 9 nitrogen and oxygen atoms in total. The molecule has 0 heterocycles. The van der Waals surface area contributed by atoms with Gasteiger partial charge in [-0.25, -0.2) is 0 Å². The number of aliphatic hydroxyl groups excluding tert-OH is 1. The number of rotatable bonds is 38. The number of nitrogens with zero attached hydrogens (tertiary/aromatic N) is 1. The van der Waals surface area contributed by atoms with Gasteiger partial charge in [0, 0.05) is 6.42 Å². The molecule has 0 aliphatic rings. The van der Waals surface area contributed by atoms with Gasteiger partial charge in [-0.3, -0.25) is 9.36 Å². The maximum atomic E-state index is 12.4. The number of carbonyl (C=O) groups is 1. The second-order valence-electron chi connectivity index (χ2n) is 15.3. The monoisotopic (exact) mass is 782 g/mol. The zero-order chi connectivity index (χ0) is 40.0. The van der Waals surface area contributed by atoms with E-state index in [9.17, 15) is 19.4 Å². The summed E-state index contributed by atoms with van der Waals surface area (Å²) < 4.78 is 34.2. The minimum absolute atomic E-state index is 0.00936. The average molecular weight is 782 g/mol. The number of quaternary nitrogens is 1. The highest BCUT2D eigenvalue weighted by Gasteiger charge is 2.19. The summed E-state index contributed by atoms with van der Waals surface area (Å²) in [7, 11) is 1.30. The van der Waals surface area contributed by atoms with Gasteiger partial charge in [0.1, 0.15) is 19.8 Å². The number of carbonyl (C=O) groups excluding carboxylic acids is 1. The van der Waals surface area contributed by atoms with Gasteiger partial charge in [-0.15, -0.1) is 0 Å². The Labute approximate surface area is 331 Å². The first-order valence-electron chi connectivity index (χ1n) is 21.2. The maximum absolute atomic E-state index is 12.4. The average Bonchev–Trinajstić information content (AvgIpc) is 3.12. The lowest BCUT2D eigenvalue weighted by molar-refractivity contribution is -0.870. The zero-order valence-electron chi connectivity index (χ0n) is 35.0. The summed E-state index contributed by atoms with van der Waals surface area (Å²) in [5.74, 6) is -0.365. The first-order chi connectivity index (χ1) is 26.0. The molecule has 0 aromatic rings. The van der Waals surface area contributed by atoms with Crippen LogP contribution in [0.1, 0.15) is 155 Å². The molecule has 0 aromatic carbocycles. The number of hydrogen-bond acceptors (Lipinski definition) is 8. The Morgan fingerprint density at radius 1 is 0.704 bits per heavy atom. The largest absolute Gasteiger partial charge is 0.756 e. The van der Waals surface area contributed by atoms with E-state index in [1.54, 1.807) is 6.26 Å². The number of likely N-dealkylation sites (N-methyl/N-ethyl adjacent to an activating group) is 1. The molecule has 0 aromatic heterocycles. The van der Waals surface area contributed by atoms with Gasteiger partial charge >= 0.3 is 5.97 Å². The van der Waals surface area contributed by atoms with Crippen molar-refractivity contribution in [3.8, 4) is 0 Å². The first-order valence-corrected chi connectivity index (χ1v) is 22.6. The normalized spacial score (nSPS) is 14.9. The third-order valence-electron chi connectivity index (χ3n) is 8.77. The molecule has 54 heavy (non-hydrogen) atoms. The molecule has 0 amide bonds. The molecule has 0 saturated heterocycles. The topological polar surface area (TPSA) is 114 Å². The van der Waals surface area contributed by atoms with E-state index < -0.39 is 13.9 Å². The fraction of sp³-hybridized carbons (Fsp3) is 0.750. The molecule has 0 spiro atoms. The minimum Gasteiger partial charge on any atom is -0.756 e. The quantitative estimate of drug-likeness (QED) is 0.0125. The van der Waals surface area contributed by atoms with Crippen LogP contribution in [0.15, 0.2) is 60.9 Å². The van der Waals surface area contributed by atoms with Crippen molar-refractivity contribution in [2.24, 2.45) is 0 Å². The molecule has 10 heteroatoms. The molecular weight excluding hydrogens is 701 g/mol. The van der Waals surface area contributed by atoms with Crippen molar-refractivity contribution >= 4 is 13.8 Å². The molecule has 1 N–H and O–H groups in total. The van der Waals surface area contributed by atoms with Crippen molar-refractivity contribution in [3.63, 3.8) is 0 Å². The van der Waals surface area contributed by atoms with Crippen LogP contribution < -0.4 is 4.89 Å². The predicted molar refractivity (Wildman–Crippen MR) is 223 cm³/mol. The number of phosphoric acid groups is 1. The summed E-state index contributed by atoms with van der Waals surface area (Å²) in [4.78, 5) is 24.8. The number of allylic oxidation sites excluding steroid dienone is 8. The smallest absolute Gasteiger partial charge is 0.305 e. The van der Waals surface area contributed by atoms with E-state index in [4.69, 9.17) is 18.5 Å². The van der Waals surface area contributed by atoms with Crippen molar-refractivity contribution in [3.05, 3.63) is 60.9 Å². The van der Waals surface area contributed by atoms with E-state index in [-0.39, 0.29) is 38.3 Å². The van der Waals surface area contributed by atoms with Gasteiger partial charge in [-0.05, 0) is 51.0 Å². The number of unbranched alkanes of at least 4 members (excludes halogenated alkanes) is 15. The summed E-state index contributed by atoms with van der Waals surface area (Å²) in [5, 5.41) is 9.89. The Kier molecular flexibility index (Phi) is 35.3. The molecule has 0 radical (unpaired) electrons. The van der Waals surface area contributed by atoms with Crippen molar-refractivity contribution in [1.29, 1.82) is 0 Å². The molecule has 314 valence electrons. The molecule has 0 aliphatic carbocycles. The summed E-state index contributed by atoms with van der Waals surface area (Å²) in [6.45, 7) is 4.49. The van der Waals surface area contributed by atoms with Crippen molar-refractivity contribution in [1.82, 2.24) is 0 Å². The van der Waals surface area contributed by atoms with Crippen LogP contribution in [0.5, 0.6) is 0 Å². The van der Waals surface area contributed by atoms with Crippen LogP contribution >= 0.6 is 7.82 Å². The van der Waals surface area contributed by atoms with Crippen LogP contribution in [-0.4, -0.2) is 75.3 Å². The minimum atomic E-state index is -4.54. The Morgan fingerprint density at radius 2 is 1.28 bits per heavy atom. The highest BCUT2D eigenvalue weighted by atomic mass is 31.2. The van der Waals surface area contributed by atoms with Crippen molar-refractivity contribution in [2.45, 2.75) is 167 Å². The van der Waals surface area contributed by atoms with E-state index in [1.165, 1.54) is 70.6 Å².